The minimum absolute atomic E-state index is 0.0539. The SMILES string of the molecule is [2H]C([2H])([2H])Oc1ncc(-c2cc(CN3CC(F)(F)C3)c3c(N)ncnn23)cc1C(=O)N[C@@H]1CN(S(=O)(=O)CC2CC2)C[C@@H]1F. The van der Waals surface area contributed by atoms with Crippen LogP contribution < -0.4 is 15.8 Å². The summed E-state index contributed by atoms with van der Waals surface area (Å²) in [5, 5.41) is 6.69. The molecule has 1 aliphatic carbocycles. The number of ether oxygens (including phenoxy) is 1. The van der Waals surface area contributed by atoms with Crippen molar-refractivity contribution >= 4 is 27.3 Å². The molecule has 2 aliphatic heterocycles. The van der Waals surface area contributed by atoms with Crippen molar-refractivity contribution in [1.82, 2.24) is 34.1 Å². The van der Waals surface area contributed by atoms with E-state index >= 15 is 0 Å². The Bertz CT molecular complexity index is 1710. The Kier molecular flexibility index (Phi) is 5.94. The summed E-state index contributed by atoms with van der Waals surface area (Å²) < 4.78 is 97.2. The molecule has 0 radical (unpaired) electrons. The number of pyridine rings is 1. The Balaban J connectivity index is 1.31. The van der Waals surface area contributed by atoms with E-state index in [1.165, 1.54) is 28.0 Å². The van der Waals surface area contributed by atoms with Crippen LogP contribution in [0.3, 0.4) is 0 Å². The normalized spacial score (nSPS) is 24.4. The number of methoxy groups -OCH3 is 1. The van der Waals surface area contributed by atoms with E-state index in [0.717, 1.165) is 17.1 Å². The molecule has 41 heavy (non-hydrogen) atoms. The first-order valence-electron chi connectivity index (χ1n) is 14.4. The molecule has 0 spiro atoms. The molecule has 2 saturated heterocycles. The highest BCUT2D eigenvalue weighted by molar-refractivity contribution is 7.89. The van der Waals surface area contributed by atoms with Crippen LogP contribution in [-0.4, -0.2) is 100 Å². The maximum Gasteiger partial charge on any atom is 0.272 e. The molecule has 5 heterocycles. The van der Waals surface area contributed by atoms with Crippen molar-refractivity contribution in [2.75, 3.05) is 44.7 Å². The molecule has 0 unspecified atom stereocenters. The number of nitrogens with two attached hydrogens (primary N) is 1. The zero-order chi connectivity index (χ0) is 31.6. The van der Waals surface area contributed by atoms with Gasteiger partial charge in [-0.05, 0) is 36.5 Å². The quantitative estimate of drug-likeness (QED) is 0.373. The van der Waals surface area contributed by atoms with Crippen LogP contribution in [0.1, 0.15) is 32.9 Å². The van der Waals surface area contributed by atoms with Crippen LogP contribution in [0.2, 0.25) is 0 Å². The maximum atomic E-state index is 15.0. The monoisotopic (exact) mass is 597 g/mol. The van der Waals surface area contributed by atoms with Gasteiger partial charge in [-0.3, -0.25) is 9.69 Å². The number of halogens is 3. The second kappa shape index (κ2) is 10.1. The Morgan fingerprint density at radius 2 is 2.05 bits per heavy atom. The van der Waals surface area contributed by atoms with E-state index < -0.39 is 66.6 Å². The molecule has 0 bridgehead atoms. The summed E-state index contributed by atoms with van der Waals surface area (Å²) >= 11 is 0. The Morgan fingerprint density at radius 3 is 2.76 bits per heavy atom. The molecule has 1 amide bonds. The largest absolute Gasteiger partial charge is 0.480 e. The van der Waals surface area contributed by atoms with Gasteiger partial charge in [-0.25, -0.2) is 36.1 Å². The van der Waals surface area contributed by atoms with E-state index in [1.54, 1.807) is 6.07 Å². The van der Waals surface area contributed by atoms with Crippen LogP contribution in [-0.2, 0) is 16.6 Å². The van der Waals surface area contributed by atoms with E-state index in [0.29, 0.717) is 16.8 Å². The predicted octanol–water partition coefficient (Wildman–Crippen LogP) is 1.32. The number of nitrogens with zero attached hydrogens (tertiary/aromatic N) is 6. The number of nitrogen functional groups attached to an aromatic ring is 1. The summed E-state index contributed by atoms with van der Waals surface area (Å²) in [4.78, 5) is 23.0. The second-order valence-electron chi connectivity index (χ2n) is 10.8. The number of alkyl halides is 3. The van der Waals surface area contributed by atoms with Crippen LogP contribution in [0, 0.1) is 5.92 Å². The fourth-order valence-electron chi connectivity index (χ4n) is 5.30. The Morgan fingerprint density at radius 1 is 1.27 bits per heavy atom. The van der Waals surface area contributed by atoms with Gasteiger partial charge in [0.15, 0.2) is 5.82 Å². The molecule has 16 heteroatoms. The molecule has 0 aromatic carbocycles. The standard InChI is InChI=1S/C25H29F3N8O4S/c1-40-24-17(23(37)33-19-9-35(8-18(19)26)41(38,39)10-14-2-3-14)4-15(6-30-24)20-5-16(7-34-11-25(27,28)12-34)21-22(29)31-13-32-36(20)21/h4-6,13-14,18-19H,2-3,7-12H2,1H3,(H,33,37)(H2,29,31,32)/t18-,19+/m0/s1/i1D3. The molecule has 3 fully saturated rings. The maximum absolute atomic E-state index is 15.0. The summed E-state index contributed by atoms with van der Waals surface area (Å²) in [5.74, 6) is -4.23. The van der Waals surface area contributed by atoms with E-state index in [4.69, 9.17) is 14.6 Å². The number of amides is 1. The first-order valence-corrected chi connectivity index (χ1v) is 14.5. The van der Waals surface area contributed by atoms with Gasteiger partial charge in [0.05, 0.1) is 41.7 Å². The fraction of sp³-hybridized carbons (Fsp3) is 0.520. The summed E-state index contributed by atoms with van der Waals surface area (Å²) in [6.07, 6.45) is 2.31. The summed E-state index contributed by atoms with van der Waals surface area (Å²) in [7, 11) is -6.70. The molecule has 3 aromatic rings. The van der Waals surface area contributed by atoms with Gasteiger partial charge in [-0.2, -0.15) is 9.40 Å². The predicted molar refractivity (Wildman–Crippen MR) is 142 cm³/mol. The van der Waals surface area contributed by atoms with Gasteiger partial charge >= 0.3 is 0 Å². The fourth-order valence-corrected chi connectivity index (χ4v) is 7.19. The molecule has 1 saturated carbocycles. The molecule has 3 aliphatic rings. The average molecular weight is 598 g/mol. The van der Waals surface area contributed by atoms with Crippen molar-refractivity contribution in [2.45, 2.75) is 37.5 Å². The molecule has 12 nitrogen and oxygen atoms in total. The van der Waals surface area contributed by atoms with Crippen LogP contribution in [0.15, 0.2) is 24.7 Å². The lowest BCUT2D eigenvalue weighted by atomic mass is 10.1. The Hall–Kier alpha value is -3.50. The second-order valence-corrected chi connectivity index (χ2v) is 12.8. The molecule has 220 valence electrons. The topological polar surface area (TPSA) is 148 Å². The van der Waals surface area contributed by atoms with Crippen molar-refractivity contribution in [2.24, 2.45) is 5.92 Å². The van der Waals surface area contributed by atoms with Crippen molar-refractivity contribution in [3.8, 4) is 17.1 Å². The molecule has 2 atom stereocenters. The van der Waals surface area contributed by atoms with Crippen molar-refractivity contribution in [1.29, 1.82) is 0 Å². The highest BCUT2D eigenvalue weighted by Crippen LogP contribution is 2.34. The number of likely N-dealkylation sites (tertiary alicyclic amines) is 1. The number of hydrogen-bond donors (Lipinski definition) is 2. The lowest BCUT2D eigenvalue weighted by molar-refractivity contribution is -0.133. The van der Waals surface area contributed by atoms with E-state index in [1.807, 2.05) is 0 Å². The highest BCUT2D eigenvalue weighted by atomic mass is 32.2. The van der Waals surface area contributed by atoms with E-state index in [2.05, 4.69) is 20.4 Å². The number of aromatic nitrogens is 4. The lowest BCUT2D eigenvalue weighted by Gasteiger charge is -2.38. The summed E-state index contributed by atoms with van der Waals surface area (Å²) in [6.45, 7) is -1.47. The third kappa shape index (κ3) is 5.42. The van der Waals surface area contributed by atoms with Crippen molar-refractivity contribution in [3.63, 3.8) is 0 Å². The van der Waals surface area contributed by atoms with Gasteiger partial charge in [0.2, 0.25) is 15.9 Å². The third-order valence-corrected chi connectivity index (χ3v) is 9.50. The molecule has 3 aromatic heterocycles. The van der Waals surface area contributed by atoms with Crippen LogP contribution in [0.4, 0.5) is 19.0 Å². The number of rotatable bonds is 9. The van der Waals surface area contributed by atoms with Crippen LogP contribution in [0.5, 0.6) is 5.88 Å². The van der Waals surface area contributed by atoms with Crippen LogP contribution in [0.25, 0.3) is 16.8 Å². The highest BCUT2D eigenvalue weighted by Gasteiger charge is 2.44. The molecular weight excluding hydrogens is 565 g/mol. The van der Waals surface area contributed by atoms with Crippen molar-refractivity contribution < 1.29 is 35.2 Å². The average Bonchev–Trinajstić information content (AvgIpc) is 3.51. The summed E-state index contributed by atoms with van der Waals surface area (Å²) in [5.41, 5.74) is 7.21. The number of carbonyl (C=O) groups excluding carboxylic acids is 1. The molecule has 3 N–H and O–H groups in total. The summed E-state index contributed by atoms with van der Waals surface area (Å²) in [6, 6.07) is 1.69. The van der Waals surface area contributed by atoms with Gasteiger partial charge in [-0.15, -0.1) is 0 Å². The minimum Gasteiger partial charge on any atom is -0.480 e. The van der Waals surface area contributed by atoms with Gasteiger partial charge < -0.3 is 15.8 Å². The van der Waals surface area contributed by atoms with Gasteiger partial charge in [-0.1, -0.05) is 0 Å². The van der Waals surface area contributed by atoms with E-state index in [-0.39, 0.29) is 41.7 Å². The van der Waals surface area contributed by atoms with Crippen molar-refractivity contribution in [3.05, 3.63) is 35.8 Å². The van der Waals surface area contributed by atoms with Gasteiger partial charge in [0.1, 0.15) is 23.6 Å². The molecular formula is C25H29F3N8O4S. The lowest BCUT2D eigenvalue weighted by Crippen LogP contribution is -2.55. The number of hydrogen-bond acceptors (Lipinski definition) is 9. The number of sulfonamides is 1. The number of nitrogens with one attached hydrogen (secondary N) is 1. The molecule has 6 rings (SSSR count). The number of anilines is 1. The first-order chi connectivity index (χ1) is 20.6. The first kappa shape index (κ1) is 24.1. The zero-order valence-electron chi connectivity index (χ0n) is 24.6. The van der Waals surface area contributed by atoms with Crippen LogP contribution >= 0.6 is 0 Å². The number of carbonyl (C=O) groups is 1. The van der Waals surface area contributed by atoms with Gasteiger partial charge in [0.25, 0.3) is 11.8 Å². The number of fused-ring (bicyclic) bond motifs is 1. The zero-order valence-corrected chi connectivity index (χ0v) is 22.5. The Labute approximate surface area is 237 Å². The minimum atomic E-state index is -3.71. The third-order valence-electron chi connectivity index (χ3n) is 7.52. The van der Waals surface area contributed by atoms with E-state index in [9.17, 15) is 26.4 Å². The smallest absolute Gasteiger partial charge is 0.272 e. The van der Waals surface area contributed by atoms with Gasteiger partial charge in [0, 0.05) is 31.4 Å².